The molecule has 0 N–H and O–H groups in total. The zero-order valence-electron chi connectivity index (χ0n) is 15.0. The molecule has 0 saturated carbocycles. The molecule has 27 heavy (non-hydrogen) atoms. The molecule has 0 unspecified atom stereocenters. The number of amides is 1. The molecule has 134 valence electrons. The van der Waals surface area contributed by atoms with Crippen molar-refractivity contribution in [1.29, 1.82) is 0 Å². The van der Waals surface area contributed by atoms with E-state index in [0.29, 0.717) is 17.5 Å². The predicted molar refractivity (Wildman–Crippen MR) is 113 cm³/mol. The van der Waals surface area contributed by atoms with Gasteiger partial charge in [0.1, 0.15) is 0 Å². The zero-order chi connectivity index (χ0) is 18.6. The molecule has 4 rings (SSSR count). The average Bonchev–Trinajstić information content (AvgIpc) is 3.03. The maximum absolute atomic E-state index is 12.4. The SMILES string of the molecule is Cc1ccc(C=NN=C2SCC(=O)N2Cc2cccc3ccccc23)cc1. The molecule has 0 aliphatic carbocycles. The molecule has 1 aliphatic heterocycles. The summed E-state index contributed by atoms with van der Waals surface area (Å²) < 4.78 is 0. The Morgan fingerprint density at radius 3 is 2.67 bits per heavy atom. The fourth-order valence-electron chi connectivity index (χ4n) is 3.03. The van der Waals surface area contributed by atoms with Crippen LogP contribution < -0.4 is 0 Å². The van der Waals surface area contributed by atoms with Crippen molar-refractivity contribution in [2.24, 2.45) is 10.2 Å². The first-order valence-corrected chi connectivity index (χ1v) is 9.77. The van der Waals surface area contributed by atoms with Gasteiger partial charge in [0.2, 0.25) is 5.91 Å². The van der Waals surface area contributed by atoms with Gasteiger partial charge in [-0.1, -0.05) is 84.1 Å². The molecule has 0 atom stereocenters. The molecule has 4 nitrogen and oxygen atoms in total. The fourth-order valence-corrected chi connectivity index (χ4v) is 3.86. The largest absolute Gasteiger partial charge is 0.285 e. The van der Waals surface area contributed by atoms with Crippen LogP contribution in [-0.4, -0.2) is 27.9 Å². The van der Waals surface area contributed by atoms with Crippen molar-refractivity contribution < 1.29 is 4.79 Å². The average molecular weight is 373 g/mol. The third kappa shape index (κ3) is 3.93. The summed E-state index contributed by atoms with van der Waals surface area (Å²) in [5.41, 5.74) is 3.30. The highest BCUT2D eigenvalue weighted by molar-refractivity contribution is 8.15. The van der Waals surface area contributed by atoms with Crippen LogP contribution in [0, 0.1) is 6.92 Å². The molecule has 1 heterocycles. The van der Waals surface area contributed by atoms with Gasteiger partial charge in [0.15, 0.2) is 5.17 Å². The molecule has 3 aromatic rings. The number of thioether (sulfide) groups is 1. The molecule has 1 amide bonds. The van der Waals surface area contributed by atoms with Crippen molar-refractivity contribution in [1.82, 2.24) is 4.90 Å². The highest BCUT2D eigenvalue weighted by Gasteiger charge is 2.28. The number of rotatable bonds is 4. The highest BCUT2D eigenvalue weighted by atomic mass is 32.2. The van der Waals surface area contributed by atoms with Crippen LogP contribution >= 0.6 is 11.8 Å². The molecule has 0 aromatic heterocycles. The Labute approximate surface area is 162 Å². The van der Waals surface area contributed by atoms with Gasteiger partial charge in [-0.2, -0.15) is 5.10 Å². The van der Waals surface area contributed by atoms with Crippen molar-refractivity contribution in [3.63, 3.8) is 0 Å². The Morgan fingerprint density at radius 1 is 1.04 bits per heavy atom. The third-order valence-electron chi connectivity index (χ3n) is 4.49. The molecule has 3 aromatic carbocycles. The van der Waals surface area contributed by atoms with Gasteiger partial charge in [-0.05, 0) is 28.8 Å². The number of nitrogens with zero attached hydrogens (tertiary/aromatic N) is 3. The lowest BCUT2D eigenvalue weighted by atomic mass is 10.0. The number of amidine groups is 1. The summed E-state index contributed by atoms with van der Waals surface area (Å²) >= 11 is 1.43. The number of carbonyl (C=O) groups excluding carboxylic acids is 1. The smallest absolute Gasteiger partial charge is 0.239 e. The van der Waals surface area contributed by atoms with E-state index in [1.165, 1.54) is 22.7 Å². The first-order valence-electron chi connectivity index (χ1n) is 8.78. The Bertz CT molecular complexity index is 1040. The summed E-state index contributed by atoms with van der Waals surface area (Å²) in [7, 11) is 0. The van der Waals surface area contributed by atoms with Crippen molar-refractivity contribution in [3.05, 3.63) is 83.4 Å². The van der Waals surface area contributed by atoms with Crippen LogP contribution in [0.4, 0.5) is 0 Å². The van der Waals surface area contributed by atoms with E-state index in [4.69, 9.17) is 0 Å². The van der Waals surface area contributed by atoms with Crippen LogP contribution in [0.2, 0.25) is 0 Å². The van der Waals surface area contributed by atoms with Crippen LogP contribution in [0.5, 0.6) is 0 Å². The van der Waals surface area contributed by atoms with E-state index < -0.39 is 0 Å². The standard InChI is InChI=1S/C22H19N3OS/c1-16-9-11-17(12-10-16)13-23-24-22-25(21(26)15-27-22)14-19-7-4-6-18-5-2-3-8-20(18)19/h2-13H,14-15H2,1H3. The lowest BCUT2D eigenvalue weighted by Crippen LogP contribution is -2.28. The quantitative estimate of drug-likeness (QED) is 0.495. The van der Waals surface area contributed by atoms with Gasteiger partial charge in [-0.25, -0.2) is 0 Å². The lowest BCUT2D eigenvalue weighted by molar-refractivity contribution is -0.124. The second kappa shape index (κ2) is 7.76. The topological polar surface area (TPSA) is 45.0 Å². The van der Waals surface area contributed by atoms with E-state index >= 15 is 0 Å². The lowest BCUT2D eigenvalue weighted by Gasteiger charge is -2.16. The normalized spacial score (nSPS) is 16.1. The van der Waals surface area contributed by atoms with E-state index in [-0.39, 0.29) is 5.91 Å². The molecule has 5 heteroatoms. The second-order valence-electron chi connectivity index (χ2n) is 6.44. The van der Waals surface area contributed by atoms with Gasteiger partial charge in [0.05, 0.1) is 18.5 Å². The van der Waals surface area contributed by atoms with Crippen LogP contribution in [0.3, 0.4) is 0 Å². The third-order valence-corrected chi connectivity index (χ3v) is 5.44. The summed E-state index contributed by atoms with van der Waals surface area (Å²) in [6, 6.07) is 22.5. The molecule has 0 spiro atoms. The van der Waals surface area contributed by atoms with Crippen molar-refractivity contribution in [2.45, 2.75) is 13.5 Å². The van der Waals surface area contributed by atoms with Crippen LogP contribution in [0.15, 0.2) is 76.9 Å². The van der Waals surface area contributed by atoms with Gasteiger partial charge in [-0.3, -0.25) is 9.69 Å². The molecule has 0 bridgehead atoms. The number of carbonyl (C=O) groups is 1. The number of benzene rings is 3. The van der Waals surface area contributed by atoms with Crippen molar-refractivity contribution in [3.8, 4) is 0 Å². The number of hydrogen-bond donors (Lipinski definition) is 0. The molecule has 1 saturated heterocycles. The first kappa shape index (κ1) is 17.5. The summed E-state index contributed by atoms with van der Waals surface area (Å²) in [5.74, 6) is 0.473. The van der Waals surface area contributed by atoms with Crippen LogP contribution in [0.25, 0.3) is 10.8 Å². The van der Waals surface area contributed by atoms with E-state index in [2.05, 4.69) is 34.5 Å². The van der Waals surface area contributed by atoms with E-state index in [0.717, 1.165) is 16.5 Å². The minimum atomic E-state index is 0.0669. The first-order chi connectivity index (χ1) is 13.2. The summed E-state index contributed by atoms with van der Waals surface area (Å²) in [5, 5.41) is 11.5. The van der Waals surface area contributed by atoms with Crippen molar-refractivity contribution in [2.75, 3.05) is 5.75 Å². The molecular formula is C22H19N3OS. The molecular weight excluding hydrogens is 354 g/mol. The van der Waals surface area contributed by atoms with E-state index in [1.54, 1.807) is 11.1 Å². The Hall–Kier alpha value is -2.92. The Morgan fingerprint density at radius 2 is 1.81 bits per heavy atom. The number of fused-ring (bicyclic) bond motifs is 1. The van der Waals surface area contributed by atoms with Gasteiger partial charge >= 0.3 is 0 Å². The minimum absolute atomic E-state index is 0.0669. The number of aryl methyl sites for hydroxylation is 1. The van der Waals surface area contributed by atoms with Gasteiger partial charge in [-0.15, -0.1) is 5.10 Å². The van der Waals surface area contributed by atoms with Crippen molar-refractivity contribution >= 4 is 39.8 Å². The summed E-state index contributed by atoms with van der Waals surface area (Å²) in [6.07, 6.45) is 1.71. The Balaban J connectivity index is 1.57. The van der Waals surface area contributed by atoms with Crippen LogP contribution in [0.1, 0.15) is 16.7 Å². The molecule has 1 fully saturated rings. The maximum atomic E-state index is 12.4. The molecule has 0 radical (unpaired) electrons. The monoisotopic (exact) mass is 373 g/mol. The number of hydrogen-bond acceptors (Lipinski definition) is 4. The summed E-state index contributed by atoms with van der Waals surface area (Å²) in [4.78, 5) is 14.1. The maximum Gasteiger partial charge on any atom is 0.239 e. The highest BCUT2D eigenvalue weighted by Crippen LogP contribution is 2.25. The second-order valence-corrected chi connectivity index (χ2v) is 7.39. The van der Waals surface area contributed by atoms with Gasteiger partial charge < -0.3 is 0 Å². The van der Waals surface area contributed by atoms with E-state index in [1.807, 2.05) is 49.4 Å². The molecule has 1 aliphatic rings. The summed E-state index contributed by atoms with van der Waals surface area (Å²) in [6.45, 7) is 2.55. The Kier molecular flexibility index (Phi) is 5.03. The predicted octanol–water partition coefficient (Wildman–Crippen LogP) is 4.61. The minimum Gasteiger partial charge on any atom is -0.285 e. The van der Waals surface area contributed by atoms with Gasteiger partial charge in [0.25, 0.3) is 0 Å². The zero-order valence-corrected chi connectivity index (χ0v) is 15.8. The van der Waals surface area contributed by atoms with Gasteiger partial charge in [0, 0.05) is 0 Å². The fraction of sp³-hybridized carbons (Fsp3) is 0.136. The van der Waals surface area contributed by atoms with E-state index in [9.17, 15) is 4.79 Å². The van der Waals surface area contributed by atoms with Crippen LogP contribution in [-0.2, 0) is 11.3 Å².